The summed E-state index contributed by atoms with van der Waals surface area (Å²) in [5.41, 5.74) is 8.40. The van der Waals surface area contributed by atoms with Crippen LogP contribution in [0.2, 0.25) is 0 Å². The number of nitrogens with zero attached hydrogens (tertiary/aromatic N) is 2. The van der Waals surface area contributed by atoms with Crippen molar-refractivity contribution in [1.29, 1.82) is 0 Å². The molecule has 0 fully saturated rings. The van der Waals surface area contributed by atoms with Gasteiger partial charge in [0.15, 0.2) is 0 Å². The van der Waals surface area contributed by atoms with Crippen LogP contribution in [0, 0.1) is 11.6 Å². The Labute approximate surface area is 244 Å². The van der Waals surface area contributed by atoms with E-state index in [1.54, 1.807) is 12.1 Å². The first kappa shape index (κ1) is 26.5. The normalized spacial score (nSPS) is 12.8. The first-order chi connectivity index (χ1) is 19.9. The molecule has 210 valence electrons. The van der Waals surface area contributed by atoms with E-state index >= 15 is 0 Å². The highest BCUT2D eigenvalue weighted by atomic mass is 19.1. The summed E-state index contributed by atoms with van der Waals surface area (Å²) >= 11 is 0. The Balaban J connectivity index is 1.43. The minimum atomic E-state index is -0.240. The second-order valence-electron chi connectivity index (χ2n) is 13.5. The van der Waals surface area contributed by atoms with E-state index in [1.165, 1.54) is 23.3 Å². The van der Waals surface area contributed by atoms with Crippen molar-refractivity contribution in [3.63, 3.8) is 0 Å². The highest BCUT2D eigenvalue weighted by Crippen LogP contribution is 2.38. The maximum absolute atomic E-state index is 14.5. The Morgan fingerprint density at radius 2 is 0.714 bits per heavy atom. The number of halogens is 2. The van der Waals surface area contributed by atoms with Crippen LogP contribution in [0.25, 0.3) is 55.0 Å². The number of aromatic nitrogens is 2. The van der Waals surface area contributed by atoms with Crippen LogP contribution in [-0.2, 0) is 10.8 Å². The Kier molecular flexibility index (Phi) is 5.69. The van der Waals surface area contributed by atoms with Crippen LogP contribution in [0.1, 0.15) is 52.7 Å². The lowest BCUT2D eigenvalue weighted by Gasteiger charge is -2.19. The second kappa shape index (κ2) is 9.03. The molecule has 0 saturated carbocycles. The third-order valence-electron chi connectivity index (χ3n) is 8.55. The van der Waals surface area contributed by atoms with Gasteiger partial charge >= 0.3 is 0 Å². The van der Waals surface area contributed by atoms with Gasteiger partial charge in [0.2, 0.25) is 0 Å². The number of hydrogen-bond acceptors (Lipinski definition) is 0. The van der Waals surface area contributed by atoms with Crippen LogP contribution >= 0.6 is 0 Å². The Hall–Kier alpha value is -4.44. The molecule has 2 heterocycles. The van der Waals surface area contributed by atoms with Gasteiger partial charge < -0.3 is 9.13 Å². The lowest BCUT2D eigenvalue weighted by atomic mass is 9.86. The number of rotatable bonds is 2. The van der Waals surface area contributed by atoms with E-state index in [1.807, 2.05) is 12.1 Å². The van der Waals surface area contributed by atoms with Gasteiger partial charge in [-0.15, -0.1) is 0 Å². The summed E-state index contributed by atoms with van der Waals surface area (Å²) in [5, 5.41) is 3.89. The van der Waals surface area contributed by atoms with Gasteiger partial charge in [0.05, 0.1) is 22.1 Å². The molecule has 0 amide bonds. The molecular weight excluding hydrogens is 522 g/mol. The van der Waals surface area contributed by atoms with Gasteiger partial charge in [-0.05, 0) is 107 Å². The largest absolute Gasteiger partial charge is 0.309 e. The molecule has 0 radical (unpaired) electrons. The van der Waals surface area contributed by atoms with Crippen LogP contribution in [0.3, 0.4) is 0 Å². The Bertz CT molecular complexity index is 2010. The van der Waals surface area contributed by atoms with Crippen molar-refractivity contribution >= 4 is 43.6 Å². The SMILES string of the molecule is CC(C)(C)c1ccc2c(c1)c1cc(F)ccc1n2-c1ccc(-n2c3ccc(F)cc3c3cc(C(C)(C)C)ccc32)cc1. The summed E-state index contributed by atoms with van der Waals surface area (Å²) in [6.45, 7) is 13.2. The zero-order valence-electron chi connectivity index (χ0n) is 24.9. The third kappa shape index (κ3) is 4.12. The van der Waals surface area contributed by atoms with Crippen LogP contribution in [0.15, 0.2) is 97.1 Å². The maximum atomic E-state index is 14.5. The molecule has 0 spiro atoms. The molecule has 0 aliphatic heterocycles. The van der Waals surface area contributed by atoms with Gasteiger partial charge in [0.1, 0.15) is 11.6 Å². The van der Waals surface area contributed by atoms with Gasteiger partial charge in [-0.25, -0.2) is 8.78 Å². The van der Waals surface area contributed by atoms with Crippen LogP contribution in [0.4, 0.5) is 8.78 Å². The van der Waals surface area contributed by atoms with Crippen molar-refractivity contribution in [3.05, 3.63) is 120 Å². The van der Waals surface area contributed by atoms with Crippen molar-refractivity contribution in [3.8, 4) is 11.4 Å². The lowest BCUT2D eigenvalue weighted by molar-refractivity contribution is 0.591. The van der Waals surface area contributed by atoms with E-state index in [0.29, 0.717) is 0 Å². The summed E-state index contributed by atoms with van der Waals surface area (Å²) in [7, 11) is 0. The first-order valence-electron chi connectivity index (χ1n) is 14.5. The molecule has 0 N–H and O–H groups in total. The minimum Gasteiger partial charge on any atom is -0.309 e. The van der Waals surface area contributed by atoms with E-state index in [4.69, 9.17) is 0 Å². The molecule has 0 bridgehead atoms. The van der Waals surface area contributed by atoms with Gasteiger partial charge in [0, 0.05) is 32.9 Å². The average molecular weight is 557 g/mol. The predicted octanol–water partition coefficient (Wildman–Crippen LogP) is 10.8. The van der Waals surface area contributed by atoms with Crippen molar-refractivity contribution < 1.29 is 8.78 Å². The molecule has 0 aliphatic carbocycles. The lowest BCUT2D eigenvalue weighted by Crippen LogP contribution is -2.10. The monoisotopic (exact) mass is 556 g/mol. The number of hydrogen-bond donors (Lipinski definition) is 0. The zero-order valence-corrected chi connectivity index (χ0v) is 24.9. The predicted molar refractivity (Wildman–Crippen MR) is 172 cm³/mol. The van der Waals surface area contributed by atoms with Crippen molar-refractivity contribution in [2.75, 3.05) is 0 Å². The molecule has 5 aromatic carbocycles. The van der Waals surface area contributed by atoms with Crippen LogP contribution < -0.4 is 0 Å². The molecule has 0 aliphatic rings. The fourth-order valence-corrected chi connectivity index (χ4v) is 6.23. The molecule has 2 nitrogen and oxygen atoms in total. The van der Waals surface area contributed by atoms with Crippen LogP contribution in [0.5, 0.6) is 0 Å². The highest BCUT2D eigenvalue weighted by molar-refractivity contribution is 6.10. The highest BCUT2D eigenvalue weighted by Gasteiger charge is 2.20. The third-order valence-corrected chi connectivity index (χ3v) is 8.55. The van der Waals surface area contributed by atoms with E-state index in [0.717, 1.165) is 55.0 Å². The fourth-order valence-electron chi connectivity index (χ4n) is 6.23. The van der Waals surface area contributed by atoms with Gasteiger partial charge in [0.25, 0.3) is 0 Å². The maximum Gasteiger partial charge on any atom is 0.123 e. The molecule has 2 aromatic heterocycles. The first-order valence-corrected chi connectivity index (χ1v) is 14.5. The summed E-state index contributed by atoms with van der Waals surface area (Å²) in [4.78, 5) is 0. The minimum absolute atomic E-state index is 0.0174. The van der Waals surface area contributed by atoms with Crippen molar-refractivity contribution in [2.45, 2.75) is 52.4 Å². The molecule has 0 saturated heterocycles. The molecular formula is C38H34F2N2. The molecule has 0 unspecified atom stereocenters. The summed E-state index contributed by atoms with van der Waals surface area (Å²) in [5.74, 6) is -0.481. The van der Waals surface area contributed by atoms with E-state index in [-0.39, 0.29) is 22.5 Å². The topological polar surface area (TPSA) is 9.86 Å². The zero-order chi connectivity index (χ0) is 29.6. The standard InChI is InChI=1S/C38H34F2N2/c1-37(2,3)23-7-15-33-29(19-23)31-21-25(39)9-17-35(31)41(33)27-11-13-28(14-12-27)42-34-16-8-24(38(4,5)6)20-30(34)32-22-26(40)10-18-36(32)42/h7-22H,1-6H3. The van der Waals surface area contributed by atoms with Crippen molar-refractivity contribution in [2.24, 2.45) is 0 Å². The number of benzene rings is 5. The summed E-state index contributed by atoms with van der Waals surface area (Å²) in [6.07, 6.45) is 0. The molecule has 42 heavy (non-hydrogen) atoms. The van der Waals surface area contributed by atoms with E-state index < -0.39 is 0 Å². The smallest absolute Gasteiger partial charge is 0.123 e. The summed E-state index contributed by atoms with van der Waals surface area (Å²) < 4.78 is 33.3. The van der Waals surface area contributed by atoms with Gasteiger partial charge in [-0.3, -0.25) is 0 Å². The molecule has 7 aromatic rings. The fraction of sp³-hybridized carbons (Fsp3) is 0.211. The quantitative estimate of drug-likeness (QED) is 0.200. The molecule has 0 atom stereocenters. The van der Waals surface area contributed by atoms with E-state index in [2.05, 4.69) is 111 Å². The van der Waals surface area contributed by atoms with E-state index in [9.17, 15) is 8.78 Å². The Morgan fingerprint density at radius 1 is 0.405 bits per heavy atom. The second-order valence-corrected chi connectivity index (χ2v) is 13.5. The average Bonchev–Trinajstić information content (AvgIpc) is 3.43. The summed E-state index contributed by atoms with van der Waals surface area (Å²) in [6, 6.07) is 31.5. The van der Waals surface area contributed by atoms with Crippen molar-refractivity contribution in [1.82, 2.24) is 9.13 Å². The van der Waals surface area contributed by atoms with Crippen LogP contribution in [-0.4, -0.2) is 9.13 Å². The Morgan fingerprint density at radius 3 is 1.05 bits per heavy atom. The number of fused-ring (bicyclic) bond motifs is 6. The van der Waals surface area contributed by atoms with Gasteiger partial charge in [-0.2, -0.15) is 0 Å². The molecule has 4 heteroatoms. The van der Waals surface area contributed by atoms with Gasteiger partial charge in [-0.1, -0.05) is 53.7 Å². The molecule has 7 rings (SSSR count).